The van der Waals surface area contributed by atoms with E-state index in [0.717, 1.165) is 25.5 Å². The lowest BCUT2D eigenvalue weighted by Gasteiger charge is -2.25. The average Bonchev–Trinajstić information content (AvgIpc) is 2.83. The van der Waals surface area contributed by atoms with E-state index in [9.17, 15) is 13.2 Å². The summed E-state index contributed by atoms with van der Waals surface area (Å²) in [5, 5.41) is 14.5. The van der Waals surface area contributed by atoms with Crippen LogP contribution in [0.15, 0.2) is 11.2 Å². The molecule has 0 saturated carbocycles. The summed E-state index contributed by atoms with van der Waals surface area (Å²) in [5.41, 5.74) is -0.328. The highest BCUT2D eigenvalue weighted by molar-refractivity contribution is 7.89. The van der Waals surface area contributed by atoms with E-state index in [1.54, 1.807) is 13.8 Å². The molecule has 0 saturated heterocycles. The van der Waals surface area contributed by atoms with E-state index in [4.69, 9.17) is 5.11 Å². The van der Waals surface area contributed by atoms with E-state index in [1.165, 1.54) is 4.31 Å². The van der Waals surface area contributed by atoms with Crippen molar-refractivity contribution in [2.24, 2.45) is 0 Å². The molecule has 1 aromatic rings. The van der Waals surface area contributed by atoms with Gasteiger partial charge in [-0.05, 0) is 20.3 Å². The lowest BCUT2D eigenvalue weighted by atomic mass is 10.2. The summed E-state index contributed by atoms with van der Waals surface area (Å²) in [4.78, 5) is 11.0. The Kier molecular flexibility index (Phi) is 5.70. The molecule has 114 valence electrons. The summed E-state index contributed by atoms with van der Waals surface area (Å²) in [5.74, 6) is -1.31. The summed E-state index contributed by atoms with van der Waals surface area (Å²) in [7, 11) is -3.88. The number of aromatic amines is 1. The third-order valence-corrected chi connectivity index (χ3v) is 5.01. The van der Waals surface area contributed by atoms with E-state index >= 15 is 0 Å². The maximum atomic E-state index is 12.5. The first kappa shape index (κ1) is 16.6. The van der Waals surface area contributed by atoms with Crippen LogP contribution in [-0.4, -0.2) is 46.6 Å². The number of unbranched alkanes of at least 4 members (excludes halogenated alkanes) is 2. The maximum Gasteiger partial charge on any atom is 0.340 e. The highest BCUT2D eigenvalue weighted by Crippen LogP contribution is 2.20. The highest BCUT2D eigenvalue weighted by Gasteiger charge is 2.32. The Balaban J connectivity index is 3.10. The number of nitrogens with one attached hydrogen (secondary N) is 1. The highest BCUT2D eigenvalue weighted by atomic mass is 32.2. The van der Waals surface area contributed by atoms with E-state index in [1.807, 2.05) is 6.92 Å². The van der Waals surface area contributed by atoms with Gasteiger partial charge in [-0.2, -0.15) is 9.40 Å². The Morgan fingerprint density at radius 2 is 2.10 bits per heavy atom. The van der Waals surface area contributed by atoms with Gasteiger partial charge >= 0.3 is 5.97 Å². The van der Waals surface area contributed by atoms with Crippen LogP contribution in [0.1, 0.15) is 50.4 Å². The van der Waals surface area contributed by atoms with E-state index < -0.39 is 16.0 Å². The third kappa shape index (κ3) is 3.57. The van der Waals surface area contributed by atoms with E-state index in [-0.39, 0.29) is 16.6 Å². The summed E-state index contributed by atoms with van der Waals surface area (Å²) in [6, 6.07) is -0.248. The number of nitrogens with zero attached hydrogens (tertiary/aromatic N) is 2. The van der Waals surface area contributed by atoms with Crippen LogP contribution in [0.4, 0.5) is 0 Å². The average molecular weight is 303 g/mol. The van der Waals surface area contributed by atoms with Crippen LogP contribution in [0.2, 0.25) is 0 Å². The lowest BCUT2D eigenvalue weighted by molar-refractivity contribution is 0.0692. The topological polar surface area (TPSA) is 103 Å². The first-order valence-electron chi connectivity index (χ1n) is 6.60. The summed E-state index contributed by atoms with van der Waals surface area (Å²) in [6.07, 6.45) is 3.66. The Bertz CT molecular complexity index is 551. The molecule has 0 bridgehead atoms. The molecule has 0 fully saturated rings. The number of hydrogen-bond donors (Lipinski definition) is 2. The number of rotatable bonds is 8. The molecule has 0 aliphatic carbocycles. The minimum atomic E-state index is -3.88. The molecule has 1 rings (SSSR count). The SMILES string of the molecule is CCCCCN(C(C)C)S(=O)(=O)c1[nH]ncc1C(=O)O. The number of sulfonamides is 1. The third-order valence-electron chi connectivity index (χ3n) is 2.96. The molecule has 1 aromatic heterocycles. The zero-order chi connectivity index (χ0) is 15.3. The first-order valence-corrected chi connectivity index (χ1v) is 8.04. The zero-order valence-electron chi connectivity index (χ0n) is 12.0. The molecular weight excluding hydrogens is 282 g/mol. The molecule has 0 aliphatic heterocycles. The number of aromatic nitrogens is 2. The van der Waals surface area contributed by atoms with Gasteiger partial charge in [-0.1, -0.05) is 19.8 Å². The zero-order valence-corrected chi connectivity index (χ0v) is 12.8. The molecule has 0 atom stereocenters. The van der Waals surface area contributed by atoms with E-state index in [0.29, 0.717) is 6.54 Å². The van der Waals surface area contributed by atoms with Crippen molar-refractivity contribution in [1.29, 1.82) is 0 Å². The van der Waals surface area contributed by atoms with Crippen LogP contribution in [0.25, 0.3) is 0 Å². The molecule has 8 heteroatoms. The van der Waals surface area contributed by atoms with Crippen LogP contribution < -0.4 is 0 Å². The van der Waals surface area contributed by atoms with Crippen LogP contribution in [-0.2, 0) is 10.0 Å². The van der Waals surface area contributed by atoms with Gasteiger partial charge < -0.3 is 5.11 Å². The maximum absolute atomic E-state index is 12.5. The van der Waals surface area contributed by atoms with Gasteiger partial charge in [0.2, 0.25) is 0 Å². The van der Waals surface area contributed by atoms with Gasteiger partial charge in [-0.15, -0.1) is 0 Å². The second-order valence-electron chi connectivity index (χ2n) is 4.83. The molecule has 0 spiro atoms. The Hall–Kier alpha value is -1.41. The van der Waals surface area contributed by atoms with Crippen molar-refractivity contribution in [2.75, 3.05) is 6.54 Å². The lowest BCUT2D eigenvalue weighted by Crippen LogP contribution is -2.38. The fourth-order valence-corrected chi connectivity index (χ4v) is 3.66. The van der Waals surface area contributed by atoms with Gasteiger partial charge in [0.25, 0.3) is 10.0 Å². The second-order valence-corrected chi connectivity index (χ2v) is 6.66. The first-order chi connectivity index (χ1) is 9.32. The predicted octanol–water partition coefficient (Wildman–Crippen LogP) is 1.70. The van der Waals surface area contributed by atoms with Crippen molar-refractivity contribution in [3.05, 3.63) is 11.8 Å². The normalized spacial score (nSPS) is 12.2. The Morgan fingerprint density at radius 3 is 2.60 bits per heavy atom. The van der Waals surface area contributed by atoms with Crippen LogP contribution in [0.5, 0.6) is 0 Å². The summed E-state index contributed by atoms with van der Waals surface area (Å²) >= 11 is 0. The van der Waals surface area contributed by atoms with Crippen molar-refractivity contribution >= 4 is 16.0 Å². The molecule has 0 amide bonds. The smallest absolute Gasteiger partial charge is 0.340 e. The number of hydrogen-bond acceptors (Lipinski definition) is 4. The predicted molar refractivity (Wildman–Crippen MR) is 74.1 cm³/mol. The van der Waals surface area contributed by atoms with Crippen LogP contribution >= 0.6 is 0 Å². The molecule has 2 N–H and O–H groups in total. The van der Waals surface area contributed by atoms with Crippen molar-refractivity contribution in [1.82, 2.24) is 14.5 Å². The van der Waals surface area contributed by atoms with E-state index in [2.05, 4.69) is 10.2 Å². The van der Waals surface area contributed by atoms with Crippen molar-refractivity contribution in [3.8, 4) is 0 Å². The minimum absolute atomic E-state index is 0.248. The van der Waals surface area contributed by atoms with Crippen LogP contribution in [0.3, 0.4) is 0 Å². The number of H-pyrrole nitrogens is 1. The molecule has 0 unspecified atom stereocenters. The van der Waals surface area contributed by atoms with Crippen molar-refractivity contribution < 1.29 is 18.3 Å². The van der Waals surface area contributed by atoms with Gasteiger partial charge in [0, 0.05) is 12.6 Å². The molecule has 0 aliphatic rings. The summed E-state index contributed by atoms with van der Waals surface area (Å²) in [6.45, 7) is 5.93. The fraction of sp³-hybridized carbons (Fsp3) is 0.667. The standard InChI is InChI=1S/C12H21N3O4S/c1-4-5-6-7-15(9(2)3)20(18,19)11-10(12(16)17)8-13-14-11/h8-9H,4-7H2,1-3H3,(H,13,14)(H,16,17). The molecule has 20 heavy (non-hydrogen) atoms. The van der Waals surface area contributed by atoms with Crippen LogP contribution in [0, 0.1) is 0 Å². The van der Waals surface area contributed by atoms with Gasteiger partial charge in [0.1, 0.15) is 5.56 Å². The molecule has 7 nitrogen and oxygen atoms in total. The Morgan fingerprint density at radius 1 is 1.45 bits per heavy atom. The largest absolute Gasteiger partial charge is 0.478 e. The second kappa shape index (κ2) is 6.85. The number of carboxylic acids is 1. The Labute approximate surface area is 119 Å². The van der Waals surface area contributed by atoms with Gasteiger partial charge in [-0.25, -0.2) is 13.2 Å². The van der Waals surface area contributed by atoms with Gasteiger partial charge in [-0.3, -0.25) is 5.10 Å². The molecule has 0 aromatic carbocycles. The monoisotopic (exact) mass is 303 g/mol. The number of carboxylic acid groups (broad SMARTS) is 1. The van der Waals surface area contributed by atoms with Gasteiger partial charge in [0.15, 0.2) is 5.03 Å². The fourth-order valence-electron chi connectivity index (χ4n) is 1.91. The quantitative estimate of drug-likeness (QED) is 0.711. The molecule has 1 heterocycles. The van der Waals surface area contributed by atoms with Crippen molar-refractivity contribution in [2.45, 2.75) is 51.1 Å². The van der Waals surface area contributed by atoms with Gasteiger partial charge in [0.05, 0.1) is 6.20 Å². The minimum Gasteiger partial charge on any atom is -0.478 e. The summed E-state index contributed by atoms with van der Waals surface area (Å²) < 4.78 is 26.4. The number of aromatic carboxylic acids is 1. The molecule has 0 radical (unpaired) electrons. The van der Waals surface area contributed by atoms with Crippen molar-refractivity contribution in [3.63, 3.8) is 0 Å². The molecular formula is C12H21N3O4S. The number of carbonyl (C=O) groups is 1.